The van der Waals surface area contributed by atoms with Crippen LogP contribution >= 0.6 is 0 Å². The first-order chi connectivity index (χ1) is 11.6. The Balaban J connectivity index is 1.88. The van der Waals surface area contributed by atoms with Gasteiger partial charge in [0.15, 0.2) is 0 Å². The molecule has 2 rings (SSSR count). The van der Waals surface area contributed by atoms with Gasteiger partial charge in [-0.1, -0.05) is 37.3 Å². The maximum atomic E-state index is 14.5. The maximum Gasteiger partial charge on any atom is 0.220 e. The molecule has 0 spiro atoms. The van der Waals surface area contributed by atoms with E-state index in [1.54, 1.807) is 6.92 Å². The number of amides is 1. The summed E-state index contributed by atoms with van der Waals surface area (Å²) in [4.78, 5) is 11.4. The van der Waals surface area contributed by atoms with Crippen LogP contribution in [0.1, 0.15) is 37.7 Å². The van der Waals surface area contributed by atoms with Crippen LogP contribution in [0.15, 0.2) is 30.3 Å². The number of hydrogen-bond donors (Lipinski definition) is 4. The van der Waals surface area contributed by atoms with Crippen LogP contribution in [0.2, 0.25) is 0 Å². The van der Waals surface area contributed by atoms with Crippen molar-refractivity contribution < 1.29 is 19.4 Å². The number of piperidine rings is 1. The van der Waals surface area contributed by atoms with Crippen molar-refractivity contribution in [3.05, 3.63) is 35.9 Å². The number of nitrogens with one attached hydrogen (secondary N) is 2. The summed E-state index contributed by atoms with van der Waals surface area (Å²) in [5, 5.41) is 25.4. The second kappa shape index (κ2) is 9.11. The lowest BCUT2D eigenvalue weighted by atomic mass is 9.88. The van der Waals surface area contributed by atoms with Crippen molar-refractivity contribution in [1.29, 1.82) is 0 Å². The monoisotopic (exact) mass is 338 g/mol. The van der Waals surface area contributed by atoms with Gasteiger partial charge >= 0.3 is 0 Å². The topological polar surface area (TPSA) is 81.6 Å². The van der Waals surface area contributed by atoms with Crippen LogP contribution in [0.5, 0.6) is 0 Å². The van der Waals surface area contributed by atoms with Crippen LogP contribution in [0, 0.1) is 0 Å². The quantitative estimate of drug-likeness (QED) is 0.600. The lowest BCUT2D eigenvalue weighted by Gasteiger charge is -2.38. The van der Waals surface area contributed by atoms with Crippen molar-refractivity contribution >= 4 is 5.91 Å². The van der Waals surface area contributed by atoms with Crippen LogP contribution < -0.4 is 10.6 Å². The lowest BCUT2D eigenvalue weighted by Crippen LogP contribution is -2.63. The number of benzene rings is 1. The summed E-state index contributed by atoms with van der Waals surface area (Å²) >= 11 is 0. The van der Waals surface area contributed by atoms with Crippen molar-refractivity contribution in [3.8, 4) is 0 Å². The third-order valence-electron chi connectivity index (χ3n) is 4.71. The predicted octanol–water partition coefficient (Wildman–Crippen LogP) is 1.11. The molecular weight excluding hydrogens is 311 g/mol. The smallest absolute Gasteiger partial charge is 0.220 e. The molecule has 134 valence electrons. The number of carbonyl (C=O) groups excluding carboxylic acids is 1. The number of rotatable bonds is 7. The van der Waals surface area contributed by atoms with Crippen molar-refractivity contribution in [3.63, 3.8) is 0 Å². The Labute approximate surface area is 142 Å². The molecule has 0 saturated carbocycles. The average Bonchev–Trinajstić information content (AvgIpc) is 2.62. The van der Waals surface area contributed by atoms with Gasteiger partial charge in [0.25, 0.3) is 0 Å². The minimum absolute atomic E-state index is 0.00538. The molecule has 0 aromatic heterocycles. The summed E-state index contributed by atoms with van der Waals surface area (Å²) in [6, 6.07) is 8.57. The number of halogens is 1. The Bertz CT molecular complexity index is 514. The minimum Gasteiger partial charge on any atom is -0.396 e. The van der Waals surface area contributed by atoms with Gasteiger partial charge < -0.3 is 20.8 Å². The molecule has 1 saturated heterocycles. The predicted molar refractivity (Wildman–Crippen MR) is 90.4 cm³/mol. The highest BCUT2D eigenvalue weighted by molar-refractivity contribution is 5.75. The van der Waals surface area contributed by atoms with Gasteiger partial charge in [0, 0.05) is 31.5 Å². The van der Waals surface area contributed by atoms with Gasteiger partial charge in [-0.25, -0.2) is 4.39 Å². The van der Waals surface area contributed by atoms with Gasteiger partial charge in [-0.2, -0.15) is 0 Å². The van der Waals surface area contributed by atoms with Crippen molar-refractivity contribution in [1.82, 2.24) is 10.6 Å². The number of alkyl halides is 1. The molecule has 1 amide bonds. The van der Waals surface area contributed by atoms with Gasteiger partial charge in [0.2, 0.25) is 5.91 Å². The van der Waals surface area contributed by atoms with Gasteiger partial charge in [0.05, 0.1) is 6.04 Å². The highest BCUT2D eigenvalue weighted by atomic mass is 19.1. The van der Waals surface area contributed by atoms with E-state index in [-0.39, 0.29) is 18.4 Å². The van der Waals surface area contributed by atoms with E-state index in [0.717, 1.165) is 5.56 Å². The highest BCUT2D eigenvalue weighted by Crippen LogP contribution is 2.25. The van der Waals surface area contributed by atoms with E-state index >= 15 is 0 Å². The lowest BCUT2D eigenvalue weighted by molar-refractivity contribution is -0.123. The highest BCUT2D eigenvalue weighted by Gasteiger charge is 2.39. The number of aliphatic hydroxyl groups excluding tert-OH is 2. The summed E-state index contributed by atoms with van der Waals surface area (Å²) < 4.78 is 14.5. The summed E-state index contributed by atoms with van der Waals surface area (Å²) in [7, 11) is 0. The van der Waals surface area contributed by atoms with Crippen LogP contribution in [-0.2, 0) is 4.79 Å². The molecule has 24 heavy (non-hydrogen) atoms. The number of hydrogen-bond acceptors (Lipinski definition) is 4. The van der Waals surface area contributed by atoms with E-state index < -0.39 is 24.4 Å². The first-order valence-corrected chi connectivity index (χ1v) is 8.57. The van der Waals surface area contributed by atoms with E-state index in [1.165, 1.54) is 0 Å². The Morgan fingerprint density at radius 1 is 1.42 bits per heavy atom. The summed E-state index contributed by atoms with van der Waals surface area (Å²) in [6.07, 6.45) is -1.23. The van der Waals surface area contributed by atoms with E-state index in [2.05, 4.69) is 10.6 Å². The summed E-state index contributed by atoms with van der Waals surface area (Å²) in [5.41, 5.74) is 1.03. The molecule has 5 nitrogen and oxygen atoms in total. The van der Waals surface area contributed by atoms with E-state index in [9.17, 15) is 19.4 Å². The molecule has 1 aliphatic rings. The standard InChI is InChI=1S/C18H27FN2O3/c1-2-16(23)21-15-10-20-14(17(19)18(15)24)9-8-13(11-22)12-6-4-3-5-7-12/h3-7,13-15,17-18,20,22,24H,2,8-11H2,1H3,(H,21,23)/t13?,14-,15+,17-,18-/m1/s1. The van der Waals surface area contributed by atoms with Crippen LogP contribution in [-0.4, -0.2) is 53.6 Å². The molecule has 0 bridgehead atoms. The Hall–Kier alpha value is -1.50. The minimum atomic E-state index is -1.45. The van der Waals surface area contributed by atoms with Crippen LogP contribution in [0.25, 0.3) is 0 Å². The Morgan fingerprint density at radius 2 is 2.12 bits per heavy atom. The number of carbonyl (C=O) groups is 1. The van der Waals surface area contributed by atoms with Crippen LogP contribution in [0.4, 0.5) is 4.39 Å². The fraction of sp³-hybridized carbons (Fsp3) is 0.611. The second-order valence-electron chi connectivity index (χ2n) is 6.34. The molecule has 5 atom stereocenters. The summed E-state index contributed by atoms with van der Waals surface area (Å²) in [6.45, 7) is 2.06. The molecule has 1 aromatic carbocycles. The first kappa shape index (κ1) is 18.8. The van der Waals surface area contributed by atoms with Gasteiger partial charge in [-0.3, -0.25) is 4.79 Å². The Morgan fingerprint density at radius 3 is 2.75 bits per heavy atom. The zero-order valence-electron chi connectivity index (χ0n) is 14.0. The molecule has 0 aliphatic carbocycles. The Kier molecular flexibility index (Phi) is 7.15. The maximum absolute atomic E-state index is 14.5. The molecule has 1 heterocycles. The van der Waals surface area contributed by atoms with Crippen molar-refractivity contribution in [2.75, 3.05) is 13.2 Å². The molecular formula is C18H27FN2O3. The summed E-state index contributed by atoms with van der Waals surface area (Å²) in [5.74, 6) is -0.245. The molecule has 0 radical (unpaired) electrons. The van der Waals surface area contributed by atoms with E-state index in [0.29, 0.717) is 25.8 Å². The molecule has 1 aliphatic heterocycles. The second-order valence-corrected chi connectivity index (χ2v) is 6.34. The molecule has 6 heteroatoms. The molecule has 1 aromatic rings. The van der Waals surface area contributed by atoms with Gasteiger partial charge in [-0.05, 0) is 18.4 Å². The van der Waals surface area contributed by atoms with E-state index in [4.69, 9.17) is 0 Å². The van der Waals surface area contributed by atoms with Gasteiger partial charge in [-0.15, -0.1) is 0 Å². The van der Waals surface area contributed by atoms with Gasteiger partial charge in [0.1, 0.15) is 12.3 Å². The molecule has 1 fully saturated rings. The first-order valence-electron chi connectivity index (χ1n) is 8.57. The van der Waals surface area contributed by atoms with Crippen LogP contribution in [0.3, 0.4) is 0 Å². The fourth-order valence-corrected chi connectivity index (χ4v) is 3.15. The third kappa shape index (κ3) is 4.75. The van der Waals surface area contributed by atoms with E-state index in [1.807, 2.05) is 30.3 Å². The van der Waals surface area contributed by atoms with Crippen molar-refractivity contribution in [2.45, 2.75) is 56.5 Å². The normalized spacial score (nSPS) is 28.3. The molecule has 4 N–H and O–H groups in total. The largest absolute Gasteiger partial charge is 0.396 e. The zero-order chi connectivity index (χ0) is 17.5. The fourth-order valence-electron chi connectivity index (χ4n) is 3.15. The molecule has 1 unspecified atom stereocenters. The number of aliphatic hydroxyl groups is 2. The zero-order valence-corrected chi connectivity index (χ0v) is 14.0. The third-order valence-corrected chi connectivity index (χ3v) is 4.71. The average molecular weight is 338 g/mol. The van der Waals surface area contributed by atoms with Crippen molar-refractivity contribution in [2.24, 2.45) is 0 Å². The SMILES string of the molecule is CCC(=O)N[C@H]1CN[C@H](CCC(CO)c2ccccc2)[C@@H](F)[C@@H]1O.